The molecule has 2 heterocycles. The summed E-state index contributed by atoms with van der Waals surface area (Å²) in [5, 5.41) is 7.07. The molecule has 0 saturated carbocycles. The number of hydrogen-bond donors (Lipinski definition) is 1. The second-order valence-corrected chi connectivity index (χ2v) is 9.29. The highest BCUT2D eigenvalue weighted by atomic mass is 32.1. The lowest BCUT2D eigenvalue weighted by Crippen LogP contribution is -2.30. The first kappa shape index (κ1) is 24.2. The monoisotopic (exact) mass is 504 g/mol. The Balaban J connectivity index is 1.12. The Morgan fingerprint density at radius 2 is 1.59 bits per heavy atom. The van der Waals surface area contributed by atoms with E-state index in [1.807, 2.05) is 60.0 Å². The van der Waals surface area contributed by atoms with Crippen LogP contribution in [-0.4, -0.2) is 34.5 Å². The summed E-state index contributed by atoms with van der Waals surface area (Å²) in [7, 11) is 0. The van der Waals surface area contributed by atoms with Gasteiger partial charge in [0, 0.05) is 35.0 Å². The van der Waals surface area contributed by atoms with Crippen molar-refractivity contribution in [1.82, 2.24) is 9.88 Å². The van der Waals surface area contributed by atoms with E-state index in [-0.39, 0.29) is 11.8 Å². The van der Waals surface area contributed by atoms with E-state index in [4.69, 9.17) is 0 Å². The third-order valence-corrected chi connectivity index (χ3v) is 6.68. The van der Waals surface area contributed by atoms with Crippen LogP contribution in [0.25, 0.3) is 11.3 Å². The summed E-state index contributed by atoms with van der Waals surface area (Å²) in [5.74, 6) is 6.01. The number of nitrogens with zero attached hydrogens (tertiary/aromatic N) is 3. The van der Waals surface area contributed by atoms with Crippen molar-refractivity contribution in [1.29, 1.82) is 0 Å². The fourth-order valence-corrected chi connectivity index (χ4v) is 4.70. The van der Waals surface area contributed by atoms with Gasteiger partial charge in [0.25, 0.3) is 11.8 Å². The number of hydrazone groups is 1. The second kappa shape index (κ2) is 11.5. The summed E-state index contributed by atoms with van der Waals surface area (Å²) in [6, 6.07) is 24.8. The molecule has 0 bridgehead atoms. The molecule has 0 spiro atoms. The predicted octanol–water partition coefficient (Wildman–Crippen LogP) is 6.07. The Bertz CT molecular complexity index is 1480. The minimum absolute atomic E-state index is 0.206. The molecule has 2 amide bonds. The lowest BCUT2D eigenvalue weighted by atomic mass is 10.1. The molecule has 37 heavy (non-hydrogen) atoms. The molecular formula is C30H24N4O2S. The molecule has 7 heteroatoms. The average Bonchev–Trinajstić information content (AvgIpc) is 3.51. The summed E-state index contributed by atoms with van der Waals surface area (Å²) in [6.45, 7) is 0.408. The van der Waals surface area contributed by atoms with Gasteiger partial charge in [-0.15, -0.1) is 11.3 Å². The first-order valence-corrected chi connectivity index (χ1v) is 12.9. The van der Waals surface area contributed by atoms with Crippen molar-refractivity contribution in [2.75, 3.05) is 12.0 Å². The van der Waals surface area contributed by atoms with Gasteiger partial charge in [-0.3, -0.25) is 19.9 Å². The SMILES string of the molecule is O=C1c2ccccc2C(=O)N1CCCCC#Cc1ccccc1C=NNc1nc(-c2ccccc2)cs1. The van der Waals surface area contributed by atoms with Crippen LogP contribution < -0.4 is 5.43 Å². The maximum absolute atomic E-state index is 12.4. The number of carbonyl (C=O) groups excluding carboxylic acids is 2. The van der Waals surface area contributed by atoms with Gasteiger partial charge in [-0.2, -0.15) is 5.10 Å². The van der Waals surface area contributed by atoms with Crippen LogP contribution in [0, 0.1) is 11.8 Å². The van der Waals surface area contributed by atoms with Gasteiger partial charge in [-0.05, 0) is 31.0 Å². The number of nitrogens with one attached hydrogen (secondary N) is 1. The number of amides is 2. The first-order chi connectivity index (χ1) is 18.2. The number of thiazole rings is 1. The zero-order valence-electron chi connectivity index (χ0n) is 20.1. The Labute approximate surface area is 219 Å². The molecule has 0 fully saturated rings. The van der Waals surface area contributed by atoms with Gasteiger partial charge in [0.05, 0.1) is 23.0 Å². The molecular weight excluding hydrogens is 480 g/mol. The molecule has 1 aromatic heterocycles. The van der Waals surface area contributed by atoms with Crippen molar-refractivity contribution in [3.05, 3.63) is 106 Å². The molecule has 6 nitrogen and oxygen atoms in total. The Kier molecular flexibility index (Phi) is 7.49. The van der Waals surface area contributed by atoms with Crippen LogP contribution in [-0.2, 0) is 0 Å². The first-order valence-electron chi connectivity index (χ1n) is 12.0. The third-order valence-electron chi connectivity index (χ3n) is 5.93. The minimum Gasteiger partial charge on any atom is -0.274 e. The van der Waals surface area contributed by atoms with Crippen molar-refractivity contribution >= 4 is 34.5 Å². The fourth-order valence-electron chi connectivity index (χ4n) is 4.03. The number of anilines is 1. The molecule has 1 N–H and O–H groups in total. The van der Waals surface area contributed by atoms with E-state index in [1.165, 1.54) is 16.2 Å². The van der Waals surface area contributed by atoms with Gasteiger partial charge in [-0.1, -0.05) is 72.5 Å². The van der Waals surface area contributed by atoms with E-state index in [9.17, 15) is 9.59 Å². The Morgan fingerprint density at radius 1 is 0.892 bits per heavy atom. The molecule has 0 unspecified atom stereocenters. The molecule has 0 atom stereocenters. The molecule has 1 aliphatic rings. The van der Waals surface area contributed by atoms with Crippen molar-refractivity contribution in [2.45, 2.75) is 19.3 Å². The number of carbonyl (C=O) groups is 2. The van der Waals surface area contributed by atoms with Crippen molar-refractivity contribution in [3.8, 4) is 23.1 Å². The lowest BCUT2D eigenvalue weighted by molar-refractivity contribution is 0.0652. The van der Waals surface area contributed by atoms with Crippen LogP contribution in [0.5, 0.6) is 0 Å². The van der Waals surface area contributed by atoms with Crippen LogP contribution >= 0.6 is 11.3 Å². The van der Waals surface area contributed by atoms with Crippen molar-refractivity contribution in [3.63, 3.8) is 0 Å². The maximum atomic E-state index is 12.4. The quantitative estimate of drug-likeness (QED) is 0.104. The smallest absolute Gasteiger partial charge is 0.261 e. The summed E-state index contributed by atoms with van der Waals surface area (Å²) < 4.78 is 0. The van der Waals surface area contributed by atoms with Crippen molar-refractivity contribution in [2.24, 2.45) is 5.10 Å². The number of unbranched alkanes of at least 4 members (excludes halogenated alkanes) is 2. The zero-order chi connectivity index (χ0) is 25.5. The van der Waals surface area contributed by atoms with E-state index < -0.39 is 0 Å². The predicted molar refractivity (Wildman–Crippen MR) is 148 cm³/mol. The standard InChI is InChI=1S/C30H24N4O2S/c35-28-25-17-9-10-18-26(25)29(36)34(28)19-11-2-1-4-12-22-13-7-8-16-24(22)20-31-33-30-32-27(21-37-30)23-14-5-3-6-15-23/h3,5-10,13-18,20-21H,1-2,11,19H2,(H,32,33). The fraction of sp³-hybridized carbons (Fsp3) is 0.133. The van der Waals surface area contributed by atoms with Crippen LogP contribution in [0.2, 0.25) is 0 Å². The van der Waals surface area contributed by atoms with Gasteiger partial charge in [0.2, 0.25) is 5.13 Å². The Morgan fingerprint density at radius 3 is 2.38 bits per heavy atom. The molecule has 1 aliphatic heterocycles. The minimum atomic E-state index is -0.206. The van der Waals surface area contributed by atoms with Crippen LogP contribution in [0.4, 0.5) is 5.13 Å². The molecule has 3 aromatic carbocycles. The van der Waals surface area contributed by atoms with Gasteiger partial charge in [0.1, 0.15) is 0 Å². The Hall–Kier alpha value is -4.54. The van der Waals surface area contributed by atoms with E-state index in [0.717, 1.165) is 33.9 Å². The topological polar surface area (TPSA) is 74.7 Å². The van der Waals surface area contributed by atoms with Crippen LogP contribution in [0.15, 0.2) is 89.3 Å². The number of rotatable bonds is 8. The summed E-state index contributed by atoms with van der Waals surface area (Å²) in [6.07, 6.45) is 3.93. The normalized spacial score (nSPS) is 12.5. The van der Waals surface area contributed by atoms with E-state index in [2.05, 4.69) is 27.4 Å². The molecule has 5 rings (SSSR count). The maximum Gasteiger partial charge on any atom is 0.261 e. The van der Waals surface area contributed by atoms with Crippen LogP contribution in [0.3, 0.4) is 0 Å². The molecule has 0 aliphatic carbocycles. The third kappa shape index (κ3) is 5.66. The highest BCUT2D eigenvalue weighted by molar-refractivity contribution is 7.14. The molecule has 0 saturated heterocycles. The zero-order valence-corrected chi connectivity index (χ0v) is 20.9. The lowest BCUT2D eigenvalue weighted by Gasteiger charge is -2.12. The number of aromatic nitrogens is 1. The number of fused-ring (bicyclic) bond motifs is 1. The van der Waals surface area contributed by atoms with Gasteiger partial charge in [-0.25, -0.2) is 4.98 Å². The second-order valence-electron chi connectivity index (χ2n) is 8.43. The summed E-state index contributed by atoms with van der Waals surface area (Å²) in [4.78, 5) is 30.8. The van der Waals surface area contributed by atoms with E-state index in [0.29, 0.717) is 30.5 Å². The van der Waals surface area contributed by atoms with Gasteiger partial charge < -0.3 is 0 Å². The van der Waals surface area contributed by atoms with E-state index in [1.54, 1.807) is 30.5 Å². The highest BCUT2D eigenvalue weighted by Crippen LogP contribution is 2.25. The molecule has 0 radical (unpaired) electrons. The number of imide groups is 1. The summed E-state index contributed by atoms with van der Waals surface area (Å²) in [5.41, 5.74) is 7.77. The molecule has 182 valence electrons. The molecule has 4 aromatic rings. The highest BCUT2D eigenvalue weighted by Gasteiger charge is 2.34. The number of hydrogen-bond acceptors (Lipinski definition) is 6. The summed E-state index contributed by atoms with van der Waals surface area (Å²) >= 11 is 1.50. The van der Waals surface area contributed by atoms with Gasteiger partial charge >= 0.3 is 0 Å². The largest absolute Gasteiger partial charge is 0.274 e. The van der Waals surface area contributed by atoms with Crippen molar-refractivity contribution < 1.29 is 9.59 Å². The van der Waals surface area contributed by atoms with Gasteiger partial charge in [0.15, 0.2) is 0 Å². The number of benzene rings is 3. The van der Waals surface area contributed by atoms with E-state index >= 15 is 0 Å². The average molecular weight is 505 g/mol. The van der Waals surface area contributed by atoms with Crippen LogP contribution in [0.1, 0.15) is 51.1 Å².